The lowest BCUT2D eigenvalue weighted by atomic mass is 9.81. The number of anilines is 1. The van der Waals surface area contributed by atoms with Gasteiger partial charge in [-0.1, -0.05) is 69.3 Å². The van der Waals surface area contributed by atoms with E-state index >= 15 is 0 Å². The van der Waals surface area contributed by atoms with Crippen LogP contribution in [-0.4, -0.2) is 11.7 Å². The van der Waals surface area contributed by atoms with Gasteiger partial charge in [-0.25, -0.2) is 4.79 Å². The van der Waals surface area contributed by atoms with E-state index in [4.69, 9.17) is 4.74 Å². The van der Waals surface area contributed by atoms with Crippen molar-refractivity contribution in [3.63, 3.8) is 0 Å². The fourth-order valence-corrected chi connectivity index (χ4v) is 2.66. The van der Waals surface area contributed by atoms with Crippen molar-refractivity contribution in [1.29, 1.82) is 0 Å². The molecule has 3 heteroatoms. The first-order valence-electron chi connectivity index (χ1n) is 8.93. The van der Waals surface area contributed by atoms with Crippen molar-refractivity contribution < 1.29 is 9.53 Å². The van der Waals surface area contributed by atoms with Gasteiger partial charge in [0.1, 0.15) is 5.60 Å². The average molecular weight is 351 g/mol. The quantitative estimate of drug-likeness (QED) is 0.631. The molecule has 0 bridgehead atoms. The van der Waals surface area contributed by atoms with Crippen LogP contribution in [0.2, 0.25) is 0 Å². The summed E-state index contributed by atoms with van der Waals surface area (Å²) in [4.78, 5) is 12.2. The van der Waals surface area contributed by atoms with Gasteiger partial charge in [-0.3, -0.25) is 5.32 Å². The van der Waals surface area contributed by atoms with Gasteiger partial charge in [-0.15, -0.1) is 0 Å². The fourth-order valence-electron chi connectivity index (χ4n) is 2.66. The standard InChI is InChI=1S/C23H29NO2/c1-22(2,3)19(17-12-8-7-9-13-17)16-18-14-10-11-15-20(18)24-21(25)26-23(4,5)6/h7-16H,1-6H3,(H,24,25)/b19-16+. The Morgan fingerprint density at radius 2 is 1.46 bits per heavy atom. The molecule has 0 heterocycles. The van der Waals surface area contributed by atoms with Crippen molar-refractivity contribution >= 4 is 23.4 Å². The van der Waals surface area contributed by atoms with Crippen LogP contribution in [0.15, 0.2) is 54.6 Å². The molecular formula is C23H29NO2. The Kier molecular flexibility index (Phi) is 5.91. The number of carbonyl (C=O) groups excluding carboxylic acids is 1. The van der Waals surface area contributed by atoms with E-state index in [2.05, 4.69) is 44.3 Å². The maximum absolute atomic E-state index is 12.2. The van der Waals surface area contributed by atoms with Gasteiger partial charge in [0.25, 0.3) is 0 Å². The molecule has 0 radical (unpaired) electrons. The predicted molar refractivity (Wildman–Crippen MR) is 110 cm³/mol. The Balaban J connectivity index is 2.41. The predicted octanol–water partition coefficient (Wildman–Crippen LogP) is 6.62. The van der Waals surface area contributed by atoms with Crippen LogP contribution in [0.5, 0.6) is 0 Å². The van der Waals surface area contributed by atoms with Crippen molar-refractivity contribution in [3.05, 3.63) is 65.7 Å². The number of carbonyl (C=O) groups is 1. The van der Waals surface area contributed by atoms with Gasteiger partial charge in [0.2, 0.25) is 0 Å². The van der Waals surface area contributed by atoms with Gasteiger partial charge >= 0.3 is 6.09 Å². The van der Waals surface area contributed by atoms with Gasteiger partial charge in [-0.2, -0.15) is 0 Å². The highest BCUT2D eigenvalue weighted by Crippen LogP contribution is 2.36. The van der Waals surface area contributed by atoms with Crippen molar-refractivity contribution in [1.82, 2.24) is 0 Å². The number of nitrogens with one attached hydrogen (secondary N) is 1. The number of benzene rings is 2. The van der Waals surface area contributed by atoms with Crippen LogP contribution in [0.3, 0.4) is 0 Å². The average Bonchev–Trinajstić information content (AvgIpc) is 2.52. The molecule has 1 amide bonds. The Labute approximate surface area is 157 Å². The molecule has 0 saturated carbocycles. The summed E-state index contributed by atoms with van der Waals surface area (Å²) in [5.41, 5.74) is 3.49. The Hall–Kier alpha value is -2.55. The molecule has 0 aliphatic carbocycles. The second kappa shape index (κ2) is 7.77. The van der Waals surface area contributed by atoms with Crippen LogP contribution in [0, 0.1) is 5.41 Å². The highest BCUT2D eigenvalue weighted by atomic mass is 16.6. The molecular weight excluding hydrogens is 322 g/mol. The minimum absolute atomic E-state index is 0.0413. The molecule has 26 heavy (non-hydrogen) atoms. The molecule has 0 unspecified atom stereocenters. The third-order valence-corrected chi connectivity index (χ3v) is 3.79. The van der Waals surface area contributed by atoms with E-state index in [0.717, 1.165) is 11.3 Å². The largest absolute Gasteiger partial charge is 0.444 e. The molecule has 0 atom stereocenters. The number of hydrogen-bond acceptors (Lipinski definition) is 2. The SMILES string of the molecule is CC(C)(C)OC(=O)Nc1ccccc1/C=C(\c1ccccc1)C(C)(C)C. The zero-order chi connectivity index (χ0) is 19.4. The number of para-hydroxylation sites is 1. The van der Waals surface area contributed by atoms with Gasteiger partial charge in [0.05, 0.1) is 5.69 Å². The number of ether oxygens (including phenoxy) is 1. The zero-order valence-electron chi connectivity index (χ0n) is 16.6. The molecule has 0 saturated heterocycles. The molecule has 138 valence electrons. The molecule has 2 rings (SSSR count). The van der Waals surface area contributed by atoms with Crippen molar-refractivity contribution in [2.24, 2.45) is 5.41 Å². The van der Waals surface area contributed by atoms with Crippen LogP contribution in [0.4, 0.5) is 10.5 Å². The van der Waals surface area contributed by atoms with Crippen molar-refractivity contribution in [2.45, 2.75) is 47.1 Å². The lowest BCUT2D eigenvalue weighted by molar-refractivity contribution is 0.0636. The van der Waals surface area contributed by atoms with Crippen LogP contribution < -0.4 is 5.32 Å². The summed E-state index contributed by atoms with van der Waals surface area (Å²) in [7, 11) is 0. The maximum atomic E-state index is 12.2. The summed E-state index contributed by atoms with van der Waals surface area (Å²) < 4.78 is 5.38. The van der Waals surface area contributed by atoms with E-state index in [1.165, 1.54) is 11.1 Å². The lowest BCUT2D eigenvalue weighted by Crippen LogP contribution is -2.27. The first-order chi connectivity index (χ1) is 12.1. The third-order valence-electron chi connectivity index (χ3n) is 3.79. The van der Waals surface area contributed by atoms with E-state index in [9.17, 15) is 4.79 Å². The van der Waals surface area contributed by atoms with Crippen LogP contribution in [0.25, 0.3) is 11.6 Å². The summed E-state index contributed by atoms with van der Waals surface area (Å²) in [6, 6.07) is 18.1. The van der Waals surface area contributed by atoms with Gasteiger partial charge in [0.15, 0.2) is 0 Å². The summed E-state index contributed by atoms with van der Waals surface area (Å²) in [6.07, 6.45) is 1.69. The minimum Gasteiger partial charge on any atom is -0.444 e. The summed E-state index contributed by atoms with van der Waals surface area (Å²) in [6.45, 7) is 12.1. The summed E-state index contributed by atoms with van der Waals surface area (Å²) in [5, 5.41) is 2.87. The topological polar surface area (TPSA) is 38.3 Å². The molecule has 0 aliphatic heterocycles. The molecule has 0 aliphatic rings. The van der Waals surface area contributed by atoms with E-state index in [0.29, 0.717) is 0 Å². The smallest absolute Gasteiger partial charge is 0.412 e. The van der Waals surface area contributed by atoms with Crippen molar-refractivity contribution in [3.8, 4) is 0 Å². The van der Waals surface area contributed by atoms with E-state index in [1.54, 1.807) is 0 Å². The number of hydrogen-bond donors (Lipinski definition) is 1. The Bertz CT molecular complexity index is 778. The van der Waals surface area contributed by atoms with E-state index in [1.807, 2.05) is 63.2 Å². The molecule has 0 aromatic heterocycles. The first kappa shape index (κ1) is 19.8. The Morgan fingerprint density at radius 3 is 2.04 bits per heavy atom. The Morgan fingerprint density at radius 1 is 0.885 bits per heavy atom. The first-order valence-corrected chi connectivity index (χ1v) is 8.93. The summed E-state index contributed by atoms with van der Waals surface area (Å²) in [5.74, 6) is 0. The number of allylic oxidation sites excluding steroid dienone is 1. The monoisotopic (exact) mass is 351 g/mol. The van der Waals surface area contributed by atoms with Gasteiger partial charge in [0, 0.05) is 0 Å². The third kappa shape index (κ3) is 5.76. The maximum Gasteiger partial charge on any atom is 0.412 e. The number of rotatable bonds is 3. The van der Waals surface area contributed by atoms with Crippen LogP contribution >= 0.6 is 0 Å². The highest BCUT2D eigenvalue weighted by molar-refractivity contribution is 5.92. The molecule has 1 N–H and O–H groups in total. The molecule has 2 aromatic carbocycles. The second-order valence-electron chi connectivity index (χ2n) is 8.39. The zero-order valence-corrected chi connectivity index (χ0v) is 16.6. The van der Waals surface area contributed by atoms with Gasteiger partial charge in [-0.05, 0) is 55.0 Å². The second-order valence-corrected chi connectivity index (χ2v) is 8.39. The minimum atomic E-state index is -0.532. The normalized spacial score (nSPS) is 12.6. The fraction of sp³-hybridized carbons (Fsp3) is 0.348. The summed E-state index contributed by atoms with van der Waals surface area (Å²) >= 11 is 0. The molecule has 0 fully saturated rings. The molecule has 2 aromatic rings. The molecule has 0 spiro atoms. The van der Waals surface area contributed by atoms with Crippen LogP contribution in [-0.2, 0) is 4.74 Å². The lowest BCUT2D eigenvalue weighted by Gasteiger charge is -2.24. The van der Waals surface area contributed by atoms with E-state index < -0.39 is 11.7 Å². The highest BCUT2D eigenvalue weighted by Gasteiger charge is 2.20. The van der Waals surface area contributed by atoms with Gasteiger partial charge < -0.3 is 4.74 Å². The number of amides is 1. The van der Waals surface area contributed by atoms with Crippen molar-refractivity contribution in [2.75, 3.05) is 5.32 Å². The molecule has 3 nitrogen and oxygen atoms in total. The van der Waals surface area contributed by atoms with Crippen LogP contribution in [0.1, 0.15) is 52.7 Å². The van der Waals surface area contributed by atoms with E-state index in [-0.39, 0.29) is 5.41 Å².